The summed E-state index contributed by atoms with van der Waals surface area (Å²) in [5, 5.41) is 8.68. The minimum Gasteiger partial charge on any atom is -0.396 e. The van der Waals surface area contributed by atoms with Gasteiger partial charge in [-0.2, -0.15) is 0 Å². The number of unbranched alkanes of at least 4 members (excludes halogenated alkanes) is 7. The van der Waals surface area contributed by atoms with Gasteiger partial charge < -0.3 is 5.11 Å². The first-order valence-electron chi connectivity index (χ1n) is 7.81. The summed E-state index contributed by atoms with van der Waals surface area (Å²) in [6.07, 6.45) is 14.5. The van der Waals surface area contributed by atoms with Gasteiger partial charge in [0, 0.05) is 24.7 Å². The van der Waals surface area contributed by atoms with E-state index in [1.54, 1.807) is 0 Å². The maximum absolute atomic E-state index is 8.68. The molecule has 2 nitrogen and oxygen atoms in total. The van der Waals surface area contributed by atoms with Gasteiger partial charge in [0.05, 0.1) is 0 Å². The Morgan fingerprint density at radius 1 is 0.842 bits per heavy atom. The molecule has 1 heterocycles. The van der Waals surface area contributed by atoms with Crippen molar-refractivity contribution >= 4 is 0 Å². The fourth-order valence-electron chi connectivity index (χ4n) is 2.34. The number of aryl methyl sites for hydroxylation is 3. The summed E-state index contributed by atoms with van der Waals surface area (Å²) < 4.78 is 2.31. The fourth-order valence-corrected chi connectivity index (χ4v) is 2.34. The van der Waals surface area contributed by atoms with Crippen molar-refractivity contribution < 1.29 is 9.67 Å². The van der Waals surface area contributed by atoms with Crippen LogP contribution >= 0.6 is 0 Å². The summed E-state index contributed by atoms with van der Waals surface area (Å²) in [5.74, 6) is 0. The van der Waals surface area contributed by atoms with Crippen LogP contribution in [0.5, 0.6) is 0 Å². The van der Waals surface area contributed by atoms with E-state index in [1.165, 1.54) is 56.1 Å². The number of hydrogen-bond acceptors (Lipinski definition) is 1. The van der Waals surface area contributed by atoms with Gasteiger partial charge in [0.25, 0.3) is 0 Å². The van der Waals surface area contributed by atoms with Gasteiger partial charge in [-0.1, -0.05) is 32.1 Å². The molecular weight excluding hydrogens is 234 g/mol. The Morgan fingerprint density at radius 2 is 1.42 bits per heavy atom. The van der Waals surface area contributed by atoms with E-state index in [1.807, 2.05) is 0 Å². The van der Waals surface area contributed by atoms with Crippen molar-refractivity contribution in [3.05, 3.63) is 29.6 Å². The number of rotatable bonds is 10. The third-order valence-corrected chi connectivity index (χ3v) is 3.82. The SMILES string of the molecule is Cc1cc[n+](CCCCCCCCCCO)cc1C. The van der Waals surface area contributed by atoms with Gasteiger partial charge in [0.1, 0.15) is 6.54 Å². The molecule has 0 radical (unpaired) electrons. The maximum Gasteiger partial charge on any atom is 0.171 e. The first-order valence-corrected chi connectivity index (χ1v) is 7.81. The Balaban J connectivity index is 2.00. The summed E-state index contributed by atoms with van der Waals surface area (Å²) in [6.45, 7) is 5.84. The van der Waals surface area contributed by atoms with Crippen LogP contribution in [-0.4, -0.2) is 11.7 Å². The van der Waals surface area contributed by atoms with E-state index in [-0.39, 0.29) is 0 Å². The van der Waals surface area contributed by atoms with Crippen LogP contribution in [0.3, 0.4) is 0 Å². The van der Waals surface area contributed by atoms with Crippen molar-refractivity contribution in [3.63, 3.8) is 0 Å². The molecule has 0 spiro atoms. The molecule has 0 fully saturated rings. The second-order valence-corrected chi connectivity index (χ2v) is 5.60. The fraction of sp³-hybridized carbons (Fsp3) is 0.706. The van der Waals surface area contributed by atoms with Crippen LogP contribution in [0.25, 0.3) is 0 Å². The van der Waals surface area contributed by atoms with Gasteiger partial charge in [0.2, 0.25) is 0 Å². The molecule has 0 aliphatic heterocycles. The quantitative estimate of drug-likeness (QED) is 0.505. The van der Waals surface area contributed by atoms with Crippen molar-refractivity contribution in [2.24, 2.45) is 0 Å². The van der Waals surface area contributed by atoms with Crippen LogP contribution < -0.4 is 4.57 Å². The number of pyridine rings is 1. The predicted molar refractivity (Wildman–Crippen MR) is 80.1 cm³/mol. The average molecular weight is 264 g/mol. The Morgan fingerprint density at radius 3 is 2.00 bits per heavy atom. The lowest BCUT2D eigenvalue weighted by Crippen LogP contribution is -2.33. The van der Waals surface area contributed by atoms with Crippen LogP contribution in [0, 0.1) is 13.8 Å². The van der Waals surface area contributed by atoms with Crippen molar-refractivity contribution in [3.8, 4) is 0 Å². The molecule has 0 atom stereocenters. The highest BCUT2D eigenvalue weighted by Crippen LogP contribution is 2.08. The first-order chi connectivity index (χ1) is 9.24. The zero-order valence-corrected chi connectivity index (χ0v) is 12.7. The molecule has 0 aromatic carbocycles. The number of aliphatic hydroxyl groups excluding tert-OH is 1. The van der Waals surface area contributed by atoms with Crippen LogP contribution in [0.2, 0.25) is 0 Å². The van der Waals surface area contributed by atoms with Gasteiger partial charge in [-0.05, 0) is 32.3 Å². The average Bonchev–Trinajstić information content (AvgIpc) is 2.41. The molecular formula is C17H30NO+. The number of aromatic nitrogens is 1. The first kappa shape index (κ1) is 16.2. The molecule has 108 valence electrons. The Bertz CT molecular complexity index is 349. The molecule has 1 rings (SSSR count). The largest absolute Gasteiger partial charge is 0.396 e. The van der Waals surface area contributed by atoms with Crippen molar-refractivity contribution in [2.45, 2.75) is 71.8 Å². The minimum absolute atomic E-state index is 0.354. The van der Waals surface area contributed by atoms with Gasteiger partial charge in [-0.25, -0.2) is 4.57 Å². The second kappa shape index (κ2) is 9.96. The Hall–Kier alpha value is -0.890. The third kappa shape index (κ3) is 7.31. The van der Waals surface area contributed by atoms with Gasteiger partial charge in [-0.3, -0.25) is 0 Å². The molecule has 0 aliphatic rings. The van der Waals surface area contributed by atoms with E-state index in [9.17, 15) is 0 Å². The van der Waals surface area contributed by atoms with Gasteiger partial charge in [0.15, 0.2) is 12.4 Å². The van der Waals surface area contributed by atoms with Crippen molar-refractivity contribution in [2.75, 3.05) is 6.61 Å². The maximum atomic E-state index is 8.68. The van der Waals surface area contributed by atoms with E-state index in [0.29, 0.717) is 6.61 Å². The normalized spacial score (nSPS) is 10.9. The lowest BCUT2D eigenvalue weighted by Gasteiger charge is -2.02. The molecule has 1 N–H and O–H groups in total. The number of nitrogens with zero attached hydrogens (tertiary/aromatic N) is 1. The highest BCUT2D eigenvalue weighted by molar-refractivity contribution is 5.16. The zero-order valence-electron chi connectivity index (χ0n) is 12.7. The lowest BCUT2D eigenvalue weighted by atomic mass is 10.1. The molecule has 0 saturated heterocycles. The summed E-state index contributed by atoms with van der Waals surface area (Å²) in [5.41, 5.74) is 2.76. The highest BCUT2D eigenvalue weighted by Gasteiger charge is 2.02. The zero-order chi connectivity index (χ0) is 13.9. The molecule has 19 heavy (non-hydrogen) atoms. The van der Waals surface area contributed by atoms with Crippen LogP contribution in [0.15, 0.2) is 18.5 Å². The van der Waals surface area contributed by atoms with Gasteiger partial charge in [-0.15, -0.1) is 0 Å². The van der Waals surface area contributed by atoms with Crippen LogP contribution in [0.4, 0.5) is 0 Å². The summed E-state index contributed by atoms with van der Waals surface area (Å²) in [6, 6.07) is 2.20. The summed E-state index contributed by atoms with van der Waals surface area (Å²) >= 11 is 0. The van der Waals surface area contributed by atoms with Crippen molar-refractivity contribution in [1.29, 1.82) is 0 Å². The molecule has 1 aromatic heterocycles. The molecule has 2 heteroatoms. The van der Waals surface area contributed by atoms with E-state index < -0.39 is 0 Å². The Labute approximate surface area is 118 Å². The molecule has 0 bridgehead atoms. The standard InChI is InChI=1S/C17H30NO/c1-16-11-13-18(15-17(16)2)12-9-7-5-3-4-6-8-10-14-19/h11,13,15,19H,3-10,12,14H2,1-2H3/q+1. The summed E-state index contributed by atoms with van der Waals surface area (Å²) in [7, 11) is 0. The predicted octanol–water partition coefficient (Wildman–Crippen LogP) is 3.70. The monoisotopic (exact) mass is 264 g/mol. The molecule has 0 aliphatic carbocycles. The molecule has 0 amide bonds. The summed E-state index contributed by atoms with van der Waals surface area (Å²) in [4.78, 5) is 0. The van der Waals surface area contributed by atoms with E-state index in [0.717, 1.165) is 13.0 Å². The van der Waals surface area contributed by atoms with Crippen LogP contribution in [0.1, 0.15) is 62.5 Å². The number of hydrogen-bond donors (Lipinski definition) is 1. The van der Waals surface area contributed by atoms with Crippen molar-refractivity contribution in [1.82, 2.24) is 0 Å². The third-order valence-electron chi connectivity index (χ3n) is 3.82. The van der Waals surface area contributed by atoms with E-state index in [4.69, 9.17) is 5.11 Å². The second-order valence-electron chi connectivity index (χ2n) is 5.60. The van der Waals surface area contributed by atoms with E-state index >= 15 is 0 Å². The highest BCUT2D eigenvalue weighted by atomic mass is 16.2. The van der Waals surface area contributed by atoms with E-state index in [2.05, 4.69) is 36.9 Å². The van der Waals surface area contributed by atoms with Crippen LogP contribution in [-0.2, 0) is 6.54 Å². The van der Waals surface area contributed by atoms with Gasteiger partial charge >= 0.3 is 0 Å². The molecule has 0 saturated carbocycles. The molecule has 0 unspecified atom stereocenters. The smallest absolute Gasteiger partial charge is 0.171 e. The lowest BCUT2D eigenvalue weighted by molar-refractivity contribution is -0.697. The Kier molecular flexibility index (Phi) is 8.48. The topological polar surface area (TPSA) is 24.1 Å². The minimum atomic E-state index is 0.354. The number of aliphatic hydroxyl groups is 1. The molecule has 1 aromatic rings.